The fourth-order valence-electron chi connectivity index (χ4n) is 3.81. The Morgan fingerprint density at radius 3 is 2.66 bits per heavy atom. The van der Waals surface area contributed by atoms with Crippen LogP contribution >= 0.6 is 11.6 Å². The number of piperidine rings is 1. The molecule has 2 aromatic rings. The summed E-state index contributed by atoms with van der Waals surface area (Å²) in [6.45, 7) is 2.79. The average Bonchev–Trinajstić information content (AvgIpc) is 2.78. The van der Waals surface area contributed by atoms with Crippen LogP contribution < -0.4 is 5.32 Å². The number of anilines is 1. The molecular formula is C25H27ClF2N2O2. The van der Waals surface area contributed by atoms with Crippen molar-refractivity contribution >= 4 is 23.4 Å². The van der Waals surface area contributed by atoms with E-state index in [1.165, 1.54) is 36.4 Å². The standard InChI is InChI=1S/C25H27ClF2N2O2/c1-2-3-4-5-6-13-30-14-11-20(12-15-30)32-25(31)29-24-10-8-19(27)17-21(24)18-7-9-23(28)22(26)16-18/h1,7-10,16-17,20H,3-6,11-15H2,(H,29,31). The summed E-state index contributed by atoms with van der Waals surface area (Å²) in [6, 6.07) is 8.03. The van der Waals surface area contributed by atoms with Gasteiger partial charge in [-0.3, -0.25) is 5.32 Å². The second-order valence-corrected chi connectivity index (χ2v) is 8.31. The predicted octanol–water partition coefficient (Wildman–Crippen LogP) is 6.49. The second-order valence-electron chi connectivity index (χ2n) is 7.90. The van der Waals surface area contributed by atoms with Crippen molar-refractivity contribution < 1.29 is 18.3 Å². The number of hydrogen-bond acceptors (Lipinski definition) is 3. The van der Waals surface area contributed by atoms with Gasteiger partial charge in [-0.2, -0.15) is 0 Å². The maximum absolute atomic E-state index is 13.8. The van der Waals surface area contributed by atoms with Crippen LogP contribution in [0.4, 0.5) is 19.3 Å². The minimum absolute atomic E-state index is 0.0805. The third-order valence-electron chi connectivity index (χ3n) is 5.55. The molecule has 0 aliphatic carbocycles. The maximum Gasteiger partial charge on any atom is 0.411 e. The predicted molar refractivity (Wildman–Crippen MR) is 124 cm³/mol. The Kier molecular flexibility index (Phi) is 8.90. The van der Waals surface area contributed by atoms with Crippen LogP contribution in [0.3, 0.4) is 0 Å². The molecule has 1 heterocycles. The molecule has 0 atom stereocenters. The number of carbonyl (C=O) groups excluding carboxylic acids is 1. The van der Waals surface area contributed by atoms with E-state index in [2.05, 4.69) is 16.1 Å². The number of benzene rings is 2. The molecule has 1 aliphatic heterocycles. The van der Waals surface area contributed by atoms with E-state index in [-0.39, 0.29) is 11.1 Å². The lowest BCUT2D eigenvalue weighted by molar-refractivity contribution is 0.0585. The molecule has 0 spiro atoms. The molecule has 1 N–H and O–H groups in total. The Balaban J connectivity index is 1.53. The van der Waals surface area contributed by atoms with E-state index < -0.39 is 17.7 Å². The van der Waals surface area contributed by atoms with Crippen LogP contribution in [0.1, 0.15) is 38.5 Å². The van der Waals surface area contributed by atoms with Crippen LogP contribution in [0, 0.1) is 24.0 Å². The molecule has 0 aromatic heterocycles. The second kappa shape index (κ2) is 11.8. The largest absolute Gasteiger partial charge is 0.446 e. The quantitative estimate of drug-likeness (QED) is 0.361. The summed E-state index contributed by atoms with van der Waals surface area (Å²) in [5.41, 5.74) is 1.24. The highest BCUT2D eigenvalue weighted by molar-refractivity contribution is 6.31. The van der Waals surface area contributed by atoms with E-state index in [4.69, 9.17) is 22.8 Å². The number of ether oxygens (including phenoxy) is 1. The number of carbonyl (C=O) groups is 1. The molecule has 2 aromatic carbocycles. The van der Waals surface area contributed by atoms with Crippen LogP contribution in [-0.4, -0.2) is 36.7 Å². The smallest absolute Gasteiger partial charge is 0.411 e. The Morgan fingerprint density at radius 1 is 1.16 bits per heavy atom. The highest BCUT2D eigenvalue weighted by Gasteiger charge is 2.22. The summed E-state index contributed by atoms with van der Waals surface area (Å²) >= 11 is 5.86. The lowest BCUT2D eigenvalue weighted by Gasteiger charge is -2.31. The molecule has 1 fully saturated rings. The van der Waals surface area contributed by atoms with Crippen molar-refractivity contribution in [3.8, 4) is 23.5 Å². The third-order valence-corrected chi connectivity index (χ3v) is 5.84. The molecule has 0 unspecified atom stereocenters. The van der Waals surface area contributed by atoms with Gasteiger partial charge >= 0.3 is 6.09 Å². The number of rotatable bonds is 8. The number of nitrogens with zero attached hydrogens (tertiary/aromatic N) is 1. The van der Waals surface area contributed by atoms with Crippen LogP contribution in [0.2, 0.25) is 5.02 Å². The lowest BCUT2D eigenvalue weighted by Crippen LogP contribution is -2.38. The SMILES string of the molecule is C#CCCCCCN1CCC(OC(=O)Nc2ccc(F)cc2-c2ccc(F)c(Cl)c2)CC1. The number of terminal acetylenes is 1. The van der Waals surface area contributed by atoms with Gasteiger partial charge < -0.3 is 9.64 Å². The topological polar surface area (TPSA) is 41.6 Å². The Bertz CT molecular complexity index is 969. The summed E-state index contributed by atoms with van der Waals surface area (Å²) in [7, 11) is 0. The highest BCUT2D eigenvalue weighted by atomic mass is 35.5. The van der Waals surface area contributed by atoms with Gasteiger partial charge in [0.25, 0.3) is 0 Å². The summed E-state index contributed by atoms with van der Waals surface area (Å²) in [4.78, 5) is 14.9. The maximum atomic E-state index is 13.8. The van der Waals surface area contributed by atoms with Gasteiger partial charge in [-0.15, -0.1) is 12.3 Å². The average molecular weight is 461 g/mol. The van der Waals surface area contributed by atoms with Crippen LogP contribution in [0.25, 0.3) is 11.1 Å². The Morgan fingerprint density at radius 2 is 1.94 bits per heavy atom. The first-order chi connectivity index (χ1) is 15.5. The molecule has 4 nitrogen and oxygen atoms in total. The first-order valence-corrected chi connectivity index (χ1v) is 11.2. The van der Waals surface area contributed by atoms with E-state index >= 15 is 0 Å². The number of hydrogen-bond donors (Lipinski definition) is 1. The van der Waals surface area contributed by atoms with Crippen molar-refractivity contribution in [3.05, 3.63) is 53.1 Å². The van der Waals surface area contributed by atoms with Gasteiger partial charge in [0.1, 0.15) is 17.7 Å². The van der Waals surface area contributed by atoms with Gasteiger partial charge in [0, 0.05) is 25.1 Å². The van der Waals surface area contributed by atoms with Gasteiger partial charge in [0.15, 0.2) is 0 Å². The van der Waals surface area contributed by atoms with Gasteiger partial charge in [0.05, 0.1) is 10.7 Å². The summed E-state index contributed by atoms with van der Waals surface area (Å²) in [5, 5.41) is 2.61. The zero-order chi connectivity index (χ0) is 22.9. The van der Waals surface area contributed by atoms with E-state index in [1.54, 1.807) is 0 Å². The first-order valence-electron chi connectivity index (χ1n) is 10.8. The van der Waals surface area contributed by atoms with Crippen molar-refractivity contribution in [1.29, 1.82) is 0 Å². The zero-order valence-electron chi connectivity index (χ0n) is 17.9. The zero-order valence-corrected chi connectivity index (χ0v) is 18.6. The normalized spacial score (nSPS) is 14.7. The molecule has 0 radical (unpaired) electrons. The Hall–Kier alpha value is -2.62. The molecule has 3 rings (SSSR count). The summed E-state index contributed by atoms with van der Waals surface area (Å²) < 4.78 is 32.9. The van der Waals surface area contributed by atoms with Crippen molar-refractivity contribution in [3.63, 3.8) is 0 Å². The fourth-order valence-corrected chi connectivity index (χ4v) is 3.99. The minimum Gasteiger partial charge on any atom is -0.446 e. The molecule has 32 heavy (non-hydrogen) atoms. The number of unbranched alkanes of at least 4 members (excludes halogenated alkanes) is 3. The molecule has 0 saturated carbocycles. The number of nitrogens with one attached hydrogen (secondary N) is 1. The first kappa shape index (κ1) is 24.0. The van der Waals surface area contributed by atoms with Crippen molar-refractivity contribution in [2.75, 3.05) is 25.0 Å². The lowest BCUT2D eigenvalue weighted by atomic mass is 10.0. The number of likely N-dealkylation sites (tertiary alicyclic amines) is 1. The molecule has 1 saturated heterocycles. The van der Waals surface area contributed by atoms with Gasteiger partial charge in [-0.25, -0.2) is 13.6 Å². The van der Waals surface area contributed by atoms with Crippen molar-refractivity contribution in [1.82, 2.24) is 4.90 Å². The van der Waals surface area contributed by atoms with Crippen LogP contribution in [-0.2, 0) is 4.74 Å². The van der Waals surface area contributed by atoms with Gasteiger partial charge in [-0.05, 0) is 68.1 Å². The van der Waals surface area contributed by atoms with E-state index in [1.807, 2.05) is 0 Å². The molecule has 170 valence electrons. The molecule has 7 heteroatoms. The molecular weight excluding hydrogens is 434 g/mol. The third kappa shape index (κ3) is 6.94. The number of halogens is 3. The van der Waals surface area contributed by atoms with E-state index in [0.29, 0.717) is 16.8 Å². The van der Waals surface area contributed by atoms with Crippen LogP contribution in [0.15, 0.2) is 36.4 Å². The van der Waals surface area contributed by atoms with Crippen LogP contribution in [0.5, 0.6) is 0 Å². The highest BCUT2D eigenvalue weighted by Crippen LogP contribution is 2.32. The monoisotopic (exact) mass is 460 g/mol. The van der Waals surface area contributed by atoms with Crippen molar-refractivity contribution in [2.45, 2.75) is 44.6 Å². The van der Waals surface area contributed by atoms with E-state index in [9.17, 15) is 13.6 Å². The van der Waals surface area contributed by atoms with Gasteiger partial charge in [0.2, 0.25) is 0 Å². The minimum atomic E-state index is -0.598. The van der Waals surface area contributed by atoms with E-state index in [0.717, 1.165) is 58.2 Å². The molecule has 1 aliphatic rings. The van der Waals surface area contributed by atoms with Crippen molar-refractivity contribution in [2.24, 2.45) is 0 Å². The summed E-state index contributed by atoms with van der Waals surface area (Å²) in [5.74, 6) is 1.61. The molecule has 0 bridgehead atoms. The fraction of sp³-hybridized carbons (Fsp3) is 0.400. The molecule has 1 amide bonds. The summed E-state index contributed by atoms with van der Waals surface area (Å²) in [6.07, 6.45) is 10.2. The number of amides is 1. The Labute approximate surface area is 192 Å². The van der Waals surface area contributed by atoms with Gasteiger partial charge in [-0.1, -0.05) is 24.1 Å².